The Hall–Kier alpha value is -2.54. The van der Waals surface area contributed by atoms with Gasteiger partial charge >= 0.3 is 11.7 Å². The van der Waals surface area contributed by atoms with Gasteiger partial charge in [0, 0.05) is 21.9 Å². The highest BCUT2D eigenvalue weighted by Gasteiger charge is 2.15. The van der Waals surface area contributed by atoms with Gasteiger partial charge in [-0.2, -0.15) is 0 Å². The number of aromatic carboxylic acids is 1. The molecular weight excluding hydrogens is 294 g/mol. The van der Waals surface area contributed by atoms with Crippen molar-refractivity contribution in [2.24, 2.45) is 0 Å². The van der Waals surface area contributed by atoms with E-state index in [0.29, 0.717) is 0 Å². The van der Waals surface area contributed by atoms with Crippen LogP contribution in [0.4, 0.5) is 5.69 Å². The summed E-state index contributed by atoms with van der Waals surface area (Å²) in [6, 6.07) is 11.0. The van der Waals surface area contributed by atoms with Gasteiger partial charge in [-0.05, 0) is 30.3 Å². The zero-order valence-electron chi connectivity index (χ0n) is 11.0. The maximum Gasteiger partial charge on any atom is 0.335 e. The van der Waals surface area contributed by atoms with E-state index in [2.05, 4.69) is 0 Å². The van der Waals surface area contributed by atoms with Crippen molar-refractivity contribution in [2.45, 2.75) is 9.79 Å². The second kappa shape index (κ2) is 6.27. The molecule has 2 aromatic rings. The lowest BCUT2D eigenvalue weighted by Crippen LogP contribution is -1.95. The van der Waals surface area contributed by atoms with Gasteiger partial charge in [0.2, 0.25) is 0 Å². The summed E-state index contributed by atoms with van der Waals surface area (Å²) in [5, 5.41) is 19.6. The molecule has 2 rings (SSSR count). The van der Waals surface area contributed by atoms with Crippen molar-refractivity contribution in [3.8, 4) is 5.75 Å². The SMILES string of the molecule is COc1cc(Sc2ccc(C(=O)O)cc2)ccc1[N+](=O)[O-]. The number of carboxylic acid groups (broad SMARTS) is 1. The van der Waals surface area contributed by atoms with Crippen LogP contribution in [0.5, 0.6) is 5.75 Å². The van der Waals surface area contributed by atoms with Crippen molar-refractivity contribution < 1.29 is 19.6 Å². The molecule has 108 valence electrons. The summed E-state index contributed by atoms with van der Waals surface area (Å²) in [4.78, 5) is 22.7. The number of carboxylic acids is 1. The quantitative estimate of drug-likeness (QED) is 0.672. The summed E-state index contributed by atoms with van der Waals surface area (Å²) in [7, 11) is 1.37. The largest absolute Gasteiger partial charge is 0.490 e. The van der Waals surface area contributed by atoms with Crippen LogP contribution in [-0.2, 0) is 0 Å². The number of nitrogens with zero attached hydrogens (tertiary/aromatic N) is 1. The first-order valence-corrected chi connectivity index (χ1v) is 6.66. The third kappa shape index (κ3) is 3.51. The Bertz CT molecular complexity index is 684. The van der Waals surface area contributed by atoms with Crippen LogP contribution in [0.1, 0.15) is 10.4 Å². The molecular formula is C14H11NO5S. The summed E-state index contributed by atoms with van der Waals surface area (Å²) < 4.78 is 5.00. The number of benzene rings is 2. The van der Waals surface area contributed by atoms with Crippen molar-refractivity contribution in [3.05, 3.63) is 58.1 Å². The van der Waals surface area contributed by atoms with Crippen molar-refractivity contribution in [1.82, 2.24) is 0 Å². The molecule has 0 spiro atoms. The van der Waals surface area contributed by atoms with Crippen LogP contribution in [0.3, 0.4) is 0 Å². The molecule has 7 heteroatoms. The fourth-order valence-electron chi connectivity index (χ4n) is 1.67. The standard InChI is InChI=1S/C14H11NO5S/c1-20-13-8-11(6-7-12(13)15(18)19)21-10-4-2-9(3-5-10)14(16)17/h2-8H,1H3,(H,16,17). The van der Waals surface area contributed by atoms with Gasteiger partial charge in [0.15, 0.2) is 5.75 Å². The predicted molar refractivity (Wildman–Crippen MR) is 77.2 cm³/mol. The highest BCUT2D eigenvalue weighted by Crippen LogP contribution is 2.35. The number of methoxy groups -OCH3 is 1. The molecule has 6 nitrogen and oxygen atoms in total. The smallest absolute Gasteiger partial charge is 0.335 e. The van der Waals surface area contributed by atoms with Gasteiger partial charge in [-0.3, -0.25) is 10.1 Å². The predicted octanol–water partition coefficient (Wildman–Crippen LogP) is 3.45. The molecule has 1 N–H and O–H groups in total. The lowest BCUT2D eigenvalue weighted by Gasteiger charge is -2.05. The molecule has 0 radical (unpaired) electrons. The molecule has 0 bridgehead atoms. The van der Waals surface area contributed by atoms with E-state index in [1.807, 2.05) is 0 Å². The van der Waals surface area contributed by atoms with Crippen LogP contribution >= 0.6 is 11.8 Å². The molecule has 0 fully saturated rings. The zero-order valence-corrected chi connectivity index (χ0v) is 11.8. The summed E-state index contributed by atoms with van der Waals surface area (Å²) >= 11 is 1.36. The lowest BCUT2D eigenvalue weighted by atomic mass is 10.2. The Morgan fingerprint density at radius 1 is 1.19 bits per heavy atom. The number of rotatable bonds is 5. The molecule has 0 aromatic heterocycles. The molecule has 0 aliphatic rings. The maximum atomic E-state index is 10.8. The highest BCUT2D eigenvalue weighted by atomic mass is 32.2. The highest BCUT2D eigenvalue weighted by molar-refractivity contribution is 7.99. The van der Waals surface area contributed by atoms with Crippen molar-refractivity contribution in [3.63, 3.8) is 0 Å². The number of hydrogen-bond acceptors (Lipinski definition) is 5. The van der Waals surface area contributed by atoms with Gasteiger partial charge in [-0.15, -0.1) is 0 Å². The minimum atomic E-state index is -0.983. The molecule has 0 aliphatic carbocycles. The summed E-state index contributed by atoms with van der Waals surface area (Å²) in [5.74, 6) is -0.796. The van der Waals surface area contributed by atoms with Crippen molar-refractivity contribution in [2.75, 3.05) is 7.11 Å². The van der Waals surface area contributed by atoms with Gasteiger partial charge in [-0.1, -0.05) is 11.8 Å². The molecule has 0 unspecified atom stereocenters. The van der Waals surface area contributed by atoms with Crippen LogP contribution in [0.15, 0.2) is 52.3 Å². The van der Waals surface area contributed by atoms with E-state index >= 15 is 0 Å². The summed E-state index contributed by atoms with van der Waals surface area (Å²) in [5.41, 5.74) is 0.115. The Balaban J connectivity index is 2.23. The van der Waals surface area contributed by atoms with Crippen molar-refractivity contribution in [1.29, 1.82) is 0 Å². The lowest BCUT2D eigenvalue weighted by molar-refractivity contribution is -0.385. The second-order valence-electron chi connectivity index (χ2n) is 4.02. The van der Waals surface area contributed by atoms with E-state index in [9.17, 15) is 14.9 Å². The number of nitro groups is 1. The van der Waals surface area contributed by atoms with Crippen LogP contribution in [0.2, 0.25) is 0 Å². The van der Waals surface area contributed by atoms with E-state index in [0.717, 1.165) is 9.79 Å². The first-order valence-electron chi connectivity index (χ1n) is 5.85. The van der Waals surface area contributed by atoms with Gasteiger partial charge in [-0.25, -0.2) is 4.79 Å². The van der Waals surface area contributed by atoms with E-state index in [-0.39, 0.29) is 17.0 Å². The number of hydrogen-bond donors (Lipinski definition) is 1. The molecule has 21 heavy (non-hydrogen) atoms. The second-order valence-corrected chi connectivity index (χ2v) is 5.17. The molecule has 0 saturated heterocycles. The van der Waals surface area contributed by atoms with Crippen LogP contribution in [0.25, 0.3) is 0 Å². The van der Waals surface area contributed by atoms with E-state index < -0.39 is 10.9 Å². The number of ether oxygens (including phenoxy) is 1. The molecule has 0 atom stereocenters. The average Bonchev–Trinajstić information content (AvgIpc) is 2.47. The number of carbonyl (C=O) groups is 1. The Kier molecular flexibility index (Phi) is 4.44. The van der Waals surface area contributed by atoms with Gasteiger partial charge in [0.25, 0.3) is 0 Å². The molecule has 2 aromatic carbocycles. The van der Waals surface area contributed by atoms with Gasteiger partial charge in [0.05, 0.1) is 17.6 Å². The van der Waals surface area contributed by atoms with Gasteiger partial charge in [0.1, 0.15) is 0 Å². The topological polar surface area (TPSA) is 89.7 Å². The fraction of sp³-hybridized carbons (Fsp3) is 0.0714. The molecule has 0 aliphatic heterocycles. The average molecular weight is 305 g/mol. The normalized spacial score (nSPS) is 10.1. The summed E-state index contributed by atoms with van der Waals surface area (Å²) in [6.07, 6.45) is 0. The van der Waals surface area contributed by atoms with Crippen molar-refractivity contribution >= 4 is 23.4 Å². The molecule has 0 saturated carbocycles. The molecule has 0 heterocycles. The van der Waals surface area contributed by atoms with Gasteiger partial charge < -0.3 is 9.84 Å². The minimum absolute atomic E-state index is 0.0944. The third-order valence-electron chi connectivity index (χ3n) is 2.68. The van der Waals surface area contributed by atoms with Crippen LogP contribution in [-0.4, -0.2) is 23.1 Å². The van der Waals surface area contributed by atoms with E-state index in [1.54, 1.807) is 24.3 Å². The fourth-order valence-corrected chi connectivity index (χ4v) is 2.52. The zero-order chi connectivity index (χ0) is 15.4. The summed E-state index contributed by atoms with van der Waals surface area (Å²) in [6.45, 7) is 0. The first kappa shape index (κ1) is 14.9. The minimum Gasteiger partial charge on any atom is -0.490 e. The molecule has 0 amide bonds. The maximum absolute atomic E-state index is 10.8. The Morgan fingerprint density at radius 2 is 1.81 bits per heavy atom. The number of nitro benzene ring substituents is 1. The monoisotopic (exact) mass is 305 g/mol. The Labute approximate surface area is 124 Å². The van der Waals surface area contributed by atoms with E-state index in [1.165, 1.54) is 37.1 Å². The van der Waals surface area contributed by atoms with Crippen LogP contribution < -0.4 is 4.74 Å². The van der Waals surface area contributed by atoms with Crippen LogP contribution in [0, 0.1) is 10.1 Å². The Morgan fingerprint density at radius 3 is 2.33 bits per heavy atom. The third-order valence-corrected chi connectivity index (χ3v) is 3.68. The first-order chi connectivity index (χ1) is 10.0. The van der Waals surface area contributed by atoms with E-state index in [4.69, 9.17) is 9.84 Å².